The zero-order valence-corrected chi connectivity index (χ0v) is 20.1. The fourth-order valence-corrected chi connectivity index (χ4v) is 7.86. The summed E-state index contributed by atoms with van der Waals surface area (Å²) in [6.45, 7) is 6.51. The number of ether oxygens (including phenoxy) is 2. The van der Waals surface area contributed by atoms with Crippen molar-refractivity contribution in [1.82, 2.24) is 9.80 Å². The van der Waals surface area contributed by atoms with Crippen molar-refractivity contribution < 1.29 is 29.0 Å². The average Bonchev–Trinajstić information content (AvgIpc) is 3.12. The number of likely N-dealkylation sites (tertiary alicyclic amines) is 1. The maximum atomic E-state index is 13.8. The van der Waals surface area contributed by atoms with Gasteiger partial charge in [0.05, 0.1) is 23.7 Å². The molecule has 2 heterocycles. The van der Waals surface area contributed by atoms with E-state index in [1.54, 1.807) is 16.7 Å². The van der Waals surface area contributed by atoms with E-state index < -0.39 is 24.2 Å². The van der Waals surface area contributed by atoms with Crippen molar-refractivity contribution in [3.8, 4) is 0 Å². The lowest BCUT2D eigenvalue weighted by Gasteiger charge is -2.56. The minimum atomic E-state index is -0.941. The molecule has 2 aliphatic heterocycles. The van der Waals surface area contributed by atoms with Crippen LogP contribution in [0.15, 0.2) is 0 Å². The van der Waals surface area contributed by atoms with E-state index in [9.17, 15) is 19.5 Å². The van der Waals surface area contributed by atoms with E-state index in [-0.39, 0.29) is 42.4 Å². The largest absolute Gasteiger partial charge is 0.451 e. The molecule has 8 nitrogen and oxygen atoms in total. The number of hydrogen-bond donors (Lipinski definition) is 1. The Morgan fingerprint density at radius 2 is 1.48 bits per heavy atom. The number of nitrogens with zero attached hydrogens (tertiary/aromatic N) is 2. The van der Waals surface area contributed by atoms with Gasteiger partial charge < -0.3 is 24.4 Å². The Morgan fingerprint density at radius 3 is 2.03 bits per heavy atom. The van der Waals surface area contributed by atoms with E-state index in [1.807, 2.05) is 13.8 Å². The second-order valence-electron chi connectivity index (χ2n) is 11.6. The second kappa shape index (κ2) is 8.52. The average molecular weight is 463 g/mol. The fraction of sp³-hybridized carbons (Fsp3) is 0.880. The zero-order chi connectivity index (χ0) is 23.5. The molecule has 4 aliphatic carbocycles. The van der Waals surface area contributed by atoms with Crippen molar-refractivity contribution in [2.24, 2.45) is 23.2 Å². The van der Waals surface area contributed by atoms with E-state index in [1.165, 1.54) is 19.3 Å². The number of amides is 2. The normalized spacial score (nSPS) is 43.0. The molecule has 4 bridgehead atoms. The molecular weight excluding hydrogens is 424 g/mol. The van der Waals surface area contributed by atoms with Crippen LogP contribution in [0.3, 0.4) is 0 Å². The Bertz CT molecular complexity index is 769. The minimum Gasteiger partial charge on any atom is -0.451 e. The van der Waals surface area contributed by atoms with Crippen LogP contribution in [0, 0.1) is 23.2 Å². The number of carbonyl (C=O) groups excluding carboxylic acids is 3. The molecule has 33 heavy (non-hydrogen) atoms. The smallest absolute Gasteiger partial charge is 0.329 e. The highest BCUT2D eigenvalue weighted by Gasteiger charge is 2.57. The maximum absolute atomic E-state index is 13.8. The van der Waals surface area contributed by atoms with E-state index >= 15 is 0 Å². The molecule has 0 aromatic rings. The SMILES string of the molecule is CC1CN(C(=O)C(C)OC(=O)C2CC(O)CN2C(=O)C23CC4CC(CC(C4)C2)C3)CC(C)O1. The standard InChI is InChI=1S/C25H38N2O6/c1-14-11-26(12-15(2)32-14)22(29)16(3)33-23(30)21-7-20(28)13-27(21)24(31)25-8-17-4-18(9-25)6-19(5-17)10-25/h14-21,28H,4-13H2,1-3H3. The van der Waals surface area contributed by atoms with Gasteiger partial charge in [-0.05, 0) is 77.0 Å². The number of β-amino-alcohol motifs (C(OH)–C–C–N with tert-alkyl or cyclic N) is 1. The summed E-state index contributed by atoms with van der Waals surface area (Å²) in [6, 6.07) is -0.821. The van der Waals surface area contributed by atoms with Crippen LogP contribution in [0.2, 0.25) is 0 Å². The van der Waals surface area contributed by atoms with Gasteiger partial charge in [0.1, 0.15) is 6.04 Å². The molecule has 4 saturated carbocycles. The summed E-state index contributed by atoms with van der Waals surface area (Å²) in [7, 11) is 0. The van der Waals surface area contributed by atoms with Crippen LogP contribution in [0.4, 0.5) is 0 Å². The van der Waals surface area contributed by atoms with Crippen LogP contribution in [0.25, 0.3) is 0 Å². The molecule has 2 saturated heterocycles. The van der Waals surface area contributed by atoms with Crippen molar-refractivity contribution in [2.75, 3.05) is 19.6 Å². The Kier molecular flexibility index (Phi) is 5.96. The summed E-state index contributed by atoms with van der Waals surface area (Å²) >= 11 is 0. The third kappa shape index (κ3) is 4.29. The maximum Gasteiger partial charge on any atom is 0.329 e. The van der Waals surface area contributed by atoms with Gasteiger partial charge in [0.25, 0.3) is 5.91 Å². The minimum absolute atomic E-state index is 0.0231. The lowest BCUT2D eigenvalue weighted by atomic mass is 9.49. The van der Waals surface area contributed by atoms with Crippen LogP contribution in [0.1, 0.15) is 65.7 Å². The number of aliphatic hydroxyl groups is 1. The van der Waals surface area contributed by atoms with Crippen LogP contribution in [-0.4, -0.2) is 82.8 Å². The van der Waals surface area contributed by atoms with E-state index in [0.717, 1.165) is 19.3 Å². The van der Waals surface area contributed by atoms with Crippen molar-refractivity contribution in [3.05, 3.63) is 0 Å². The third-order valence-electron chi connectivity index (χ3n) is 8.68. The van der Waals surface area contributed by atoms with Gasteiger partial charge in [-0.15, -0.1) is 0 Å². The van der Waals surface area contributed by atoms with Gasteiger partial charge in [-0.2, -0.15) is 0 Å². The van der Waals surface area contributed by atoms with Gasteiger partial charge in [0.15, 0.2) is 6.10 Å². The molecule has 6 rings (SSSR count). The van der Waals surface area contributed by atoms with Crippen molar-refractivity contribution in [3.63, 3.8) is 0 Å². The zero-order valence-electron chi connectivity index (χ0n) is 20.1. The van der Waals surface area contributed by atoms with Gasteiger partial charge in [-0.25, -0.2) is 4.79 Å². The van der Waals surface area contributed by atoms with Crippen LogP contribution in [-0.2, 0) is 23.9 Å². The predicted molar refractivity (Wildman–Crippen MR) is 119 cm³/mol. The summed E-state index contributed by atoms with van der Waals surface area (Å²) in [4.78, 5) is 43.1. The number of esters is 1. The monoisotopic (exact) mass is 462 g/mol. The lowest BCUT2D eigenvalue weighted by molar-refractivity contribution is -0.172. The Morgan fingerprint density at radius 1 is 0.939 bits per heavy atom. The second-order valence-corrected chi connectivity index (χ2v) is 11.6. The van der Waals surface area contributed by atoms with E-state index in [4.69, 9.17) is 9.47 Å². The summed E-state index contributed by atoms with van der Waals surface area (Å²) in [5.41, 5.74) is -0.376. The van der Waals surface area contributed by atoms with Gasteiger partial charge >= 0.3 is 5.97 Å². The Labute approximate surface area is 195 Å². The molecule has 0 aromatic carbocycles. The highest BCUT2D eigenvalue weighted by molar-refractivity contribution is 5.90. The van der Waals surface area contributed by atoms with Gasteiger partial charge in [-0.3, -0.25) is 9.59 Å². The quantitative estimate of drug-likeness (QED) is 0.640. The van der Waals surface area contributed by atoms with Crippen molar-refractivity contribution in [2.45, 2.75) is 96.2 Å². The molecule has 6 aliphatic rings. The first kappa shape index (κ1) is 23.1. The molecule has 0 aromatic heterocycles. The van der Waals surface area contributed by atoms with Crippen molar-refractivity contribution >= 4 is 17.8 Å². The van der Waals surface area contributed by atoms with Crippen LogP contribution in [0.5, 0.6) is 0 Å². The summed E-state index contributed by atoms with van der Waals surface area (Å²) in [5.74, 6) is 1.05. The Hall–Kier alpha value is -1.67. The van der Waals surface area contributed by atoms with Crippen molar-refractivity contribution in [1.29, 1.82) is 0 Å². The van der Waals surface area contributed by atoms with Crippen LogP contribution >= 0.6 is 0 Å². The molecule has 1 N–H and O–H groups in total. The summed E-state index contributed by atoms with van der Waals surface area (Å²) < 4.78 is 11.3. The molecule has 184 valence electrons. The predicted octanol–water partition coefficient (Wildman–Crippen LogP) is 1.73. The molecule has 8 heteroatoms. The highest BCUT2D eigenvalue weighted by Crippen LogP contribution is 2.60. The first-order valence-corrected chi connectivity index (χ1v) is 12.8. The van der Waals surface area contributed by atoms with Gasteiger partial charge in [0, 0.05) is 26.1 Å². The summed E-state index contributed by atoms with van der Waals surface area (Å²) in [6.07, 6.45) is 4.78. The first-order valence-electron chi connectivity index (χ1n) is 12.8. The highest BCUT2D eigenvalue weighted by atomic mass is 16.6. The van der Waals surface area contributed by atoms with Gasteiger partial charge in [-0.1, -0.05) is 0 Å². The molecule has 0 spiro atoms. The molecule has 6 fully saturated rings. The number of hydrogen-bond acceptors (Lipinski definition) is 6. The number of rotatable bonds is 4. The molecule has 5 unspecified atom stereocenters. The summed E-state index contributed by atoms with van der Waals surface area (Å²) in [5, 5.41) is 10.4. The third-order valence-corrected chi connectivity index (χ3v) is 8.68. The number of carbonyl (C=O) groups is 3. The Balaban J connectivity index is 1.26. The molecular formula is C25H38N2O6. The topological polar surface area (TPSA) is 96.4 Å². The molecule has 0 radical (unpaired) electrons. The lowest BCUT2D eigenvalue weighted by Crippen LogP contribution is -2.57. The number of morpholine rings is 1. The molecule has 2 amide bonds. The number of aliphatic hydroxyl groups excluding tert-OH is 1. The van der Waals surface area contributed by atoms with Gasteiger partial charge in [0.2, 0.25) is 5.91 Å². The fourth-order valence-electron chi connectivity index (χ4n) is 7.86. The van der Waals surface area contributed by atoms with E-state index in [0.29, 0.717) is 30.8 Å². The molecule has 5 atom stereocenters. The van der Waals surface area contributed by atoms with Crippen LogP contribution < -0.4 is 0 Å². The van der Waals surface area contributed by atoms with E-state index in [2.05, 4.69) is 0 Å². The first-order chi connectivity index (χ1) is 15.6.